The van der Waals surface area contributed by atoms with Gasteiger partial charge in [-0.05, 0) is 48.0 Å². The van der Waals surface area contributed by atoms with Crippen molar-refractivity contribution in [2.24, 2.45) is 0 Å². The van der Waals surface area contributed by atoms with E-state index in [0.717, 1.165) is 28.1 Å². The maximum Gasteiger partial charge on any atom is 0.251 e. The Hall–Kier alpha value is -3.93. The van der Waals surface area contributed by atoms with Gasteiger partial charge in [0.1, 0.15) is 5.82 Å². The van der Waals surface area contributed by atoms with Crippen LogP contribution in [0.25, 0.3) is 22.3 Å². The largest absolute Gasteiger partial charge is 0.383 e. The minimum Gasteiger partial charge on any atom is -0.383 e. The number of amides is 1. The van der Waals surface area contributed by atoms with E-state index in [4.69, 9.17) is 19.4 Å². The fourth-order valence-electron chi connectivity index (χ4n) is 4.26. The van der Waals surface area contributed by atoms with Gasteiger partial charge in [-0.3, -0.25) is 9.78 Å². The number of anilines is 1. The third-order valence-corrected chi connectivity index (χ3v) is 8.25. The Balaban J connectivity index is 1.33. The van der Waals surface area contributed by atoms with Crippen LogP contribution in [0.2, 0.25) is 0 Å². The van der Waals surface area contributed by atoms with Crippen LogP contribution in [0.15, 0.2) is 65.7 Å². The number of rotatable bonds is 8. The summed E-state index contributed by atoms with van der Waals surface area (Å²) in [7, 11) is 0.128. The molecule has 10 nitrogen and oxygen atoms in total. The Morgan fingerprint density at radius 2 is 1.95 bits per heavy atom. The molecule has 5 rings (SSSR count). The molecule has 4 heterocycles. The molecule has 1 amide bonds. The van der Waals surface area contributed by atoms with Gasteiger partial charge in [-0.1, -0.05) is 12.1 Å². The molecule has 0 unspecified atom stereocenters. The van der Waals surface area contributed by atoms with E-state index in [-0.39, 0.29) is 41.9 Å². The van der Waals surface area contributed by atoms with E-state index in [1.54, 1.807) is 25.4 Å². The van der Waals surface area contributed by atoms with E-state index in [9.17, 15) is 13.2 Å². The maximum atomic E-state index is 12.9. The highest BCUT2D eigenvalue weighted by atomic mass is 32.2. The van der Waals surface area contributed by atoms with Crippen LogP contribution in [0.1, 0.15) is 21.6 Å². The molecule has 4 aromatic rings. The molecule has 1 aliphatic rings. The molecule has 0 atom stereocenters. The van der Waals surface area contributed by atoms with E-state index in [2.05, 4.69) is 10.3 Å². The van der Waals surface area contributed by atoms with Crippen molar-refractivity contribution in [3.05, 3.63) is 77.6 Å². The zero-order chi connectivity index (χ0) is 27.4. The summed E-state index contributed by atoms with van der Waals surface area (Å²) < 4.78 is 35.6. The quantitative estimate of drug-likeness (QED) is 0.355. The van der Waals surface area contributed by atoms with E-state index < -0.39 is 9.84 Å². The third kappa shape index (κ3) is 6.06. The Morgan fingerprint density at radius 1 is 1.10 bits per heavy atom. The van der Waals surface area contributed by atoms with Gasteiger partial charge in [0.2, 0.25) is 0 Å². The van der Waals surface area contributed by atoms with Crippen molar-refractivity contribution in [3.63, 3.8) is 0 Å². The number of sulfone groups is 1. The zero-order valence-corrected chi connectivity index (χ0v) is 22.6. The summed E-state index contributed by atoms with van der Waals surface area (Å²) >= 11 is 0. The van der Waals surface area contributed by atoms with Gasteiger partial charge in [-0.25, -0.2) is 18.4 Å². The van der Waals surface area contributed by atoms with Crippen LogP contribution in [-0.4, -0.2) is 68.9 Å². The van der Waals surface area contributed by atoms with Crippen LogP contribution in [0, 0.1) is 0 Å². The lowest BCUT2D eigenvalue weighted by molar-refractivity contribution is 0.0950. The van der Waals surface area contributed by atoms with Crippen LogP contribution in [0.3, 0.4) is 0 Å². The molecule has 0 saturated carbocycles. The number of hydrogen-bond acceptors (Lipinski definition) is 9. The Bertz CT molecular complexity index is 1630. The maximum absolute atomic E-state index is 12.9. The van der Waals surface area contributed by atoms with Crippen molar-refractivity contribution in [1.29, 1.82) is 0 Å². The second-order valence-corrected chi connectivity index (χ2v) is 11.3. The van der Waals surface area contributed by atoms with Gasteiger partial charge < -0.3 is 19.7 Å². The molecular formula is C28H29N5O5S. The van der Waals surface area contributed by atoms with Gasteiger partial charge in [0.25, 0.3) is 5.91 Å². The molecule has 0 saturated heterocycles. The highest BCUT2D eigenvalue weighted by Crippen LogP contribution is 2.24. The predicted octanol–water partition coefficient (Wildman–Crippen LogP) is 3.01. The zero-order valence-electron chi connectivity index (χ0n) is 21.8. The molecule has 202 valence electrons. The van der Waals surface area contributed by atoms with E-state index in [1.165, 1.54) is 6.07 Å². The van der Waals surface area contributed by atoms with E-state index in [0.29, 0.717) is 24.4 Å². The van der Waals surface area contributed by atoms with Crippen molar-refractivity contribution in [2.75, 3.05) is 44.6 Å². The van der Waals surface area contributed by atoms with Gasteiger partial charge in [0, 0.05) is 37.8 Å². The number of fused-ring (bicyclic) bond motifs is 2. The second kappa shape index (κ2) is 11.4. The Labute approximate surface area is 226 Å². The minimum absolute atomic E-state index is 0.106. The van der Waals surface area contributed by atoms with Gasteiger partial charge in [-0.15, -0.1) is 0 Å². The number of methoxy groups -OCH3 is 1. The van der Waals surface area contributed by atoms with Crippen molar-refractivity contribution < 1.29 is 22.7 Å². The van der Waals surface area contributed by atoms with Crippen molar-refractivity contribution >= 4 is 32.5 Å². The van der Waals surface area contributed by atoms with Crippen molar-refractivity contribution in [1.82, 2.24) is 20.3 Å². The third-order valence-electron chi connectivity index (χ3n) is 6.50. The van der Waals surface area contributed by atoms with Gasteiger partial charge in [-0.2, -0.15) is 0 Å². The molecule has 0 radical (unpaired) electrons. The standard InChI is InChI=1S/C28H29N5O5S/c1-33(10-11-37-2)27-5-3-4-23(32-27)24-9-8-20-16-29-22(15-25(20)31-24)17-30-28(34)19-6-7-21-18-38-12-13-39(35,36)26(21)14-19/h3-9,14-16H,10-13,17-18H2,1-2H3,(H,30,34). The minimum atomic E-state index is -3.50. The average Bonchev–Trinajstić information content (AvgIpc) is 3.11. The number of ether oxygens (including phenoxy) is 2. The summed E-state index contributed by atoms with van der Waals surface area (Å²) in [6, 6.07) is 16.1. The Kier molecular flexibility index (Phi) is 7.82. The van der Waals surface area contributed by atoms with Crippen LogP contribution in [0.4, 0.5) is 5.82 Å². The number of likely N-dealkylation sites (N-methyl/N-ethyl adjacent to an activating group) is 1. The molecule has 0 spiro atoms. The van der Waals surface area contributed by atoms with Crippen molar-refractivity contribution in [2.45, 2.75) is 18.0 Å². The Morgan fingerprint density at radius 3 is 2.79 bits per heavy atom. The second-order valence-electron chi connectivity index (χ2n) is 9.24. The van der Waals surface area contributed by atoms with Crippen LogP contribution >= 0.6 is 0 Å². The van der Waals surface area contributed by atoms with E-state index in [1.807, 2.05) is 48.3 Å². The first kappa shape index (κ1) is 26.7. The predicted molar refractivity (Wildman–Crippen MR) is 147 cm³/mol. The molecule has 0 bridgehead atoms. The lowest BCUT2D eigenvalue weighted by Gasteiger charge is -2.18. The van der Waals surface area contributed by atoms with Gasteiger partial charge in [0.05, 0.1) is 59.6 Å². The summed E-state index contributed by atoms with van der Waals surface area (Å²) in [5, 5.41) is 3.69. The molecule has 11 heteroatoms. The SMILES string of the molecule is COCCN(C)c1cccc(-c2ccc3cnc(CNC(=O)c4ccc5c(c4)S(=O)(=O)CCOC5)cc3n2)n1. The first-order valence-corrected chi connectivity index (χ1v) is 14.1. The molecule has 1 aromatic carbocycles. The molecule has 0 aliphatic carbocycles. The van der Waals surface area contributed by atoms with Crippen LogP contribution in [0.5, 0.6) is 0 Å². The summed E-state index contributed by atoms with van der Waals surface area (Å²) in [5.41, 5.74) is 3.64. The summed E-state index contributed by atoms with van der Waals surface area (Å²) in [6.45, 7) is 1.81. The molecular weight excluding hydrogens is 518 g/mol. The van der Waals surface area contributed by atoms with Crippen molar-refractivity contribution in [3.8, 4) is 11.4 Å². The lowest BCUT2D eigenvalue weighted by atomic mass is 10.1. The number of pyridine rings is 3. The number of carbonyl (C=O) groups excluding carboxylic acids is 1. The number of benzene rings is 1. The molecule has 0 fully saturated rings. The first-order chi connectivity index (χ1) is 18.8. The molecule has 1 N–H and O–H groups in total. The smallest absolute Gasteiger partial charge is 0.251 e. The number of nitrogens with zero attached hydrogens (tertiary/aromatic N) is 4. The normalized spacial score (nSPS) is 14.4. The van der Waals surface area contributed by atoms with Crippen LogP contribution < -0.4 is 10.2 Å². The summed E-state index contributed by atoms with van der Waals surface area (Å²) in [6.07, 6.45) is 1.71. The topological polar surface area (TPSA) is 124 Å². The lowest BCUT2D eigenvalue weighted by Crippen LogP contribution is -2.24. The highest BCUT2D eigenvalue weighted by Gasteiger charge is 2.23. The fourth-order valence-corrected chi connectivity index (χ4v) is 5.65. The van der Waals surface area contributed by atoms with E-state index >= 15 is 0 Å². The number of nitrogens with one attached hydrogen (secondary N) is 1. The average molecular weight is 548 g/mol. The fraction of sp³-hybridized carbons (Fsp3) is 0.286. The summed E-state index contributed by atoms with van der Waals surface area (Å²) in [4.78, 5) is 29.0. The highest BCUT2D eigenvalue weighted by molar-refractivity contribution is 7.91. The van der Waals surface area contributed by atoms with Crippen LogP contribution in [-0.2, 0) is 32.5 Å². The first-order valence-electron chi connectivity index (χ1n) is 12.5. The molecule has 1 aliphatic heterocycles. The number of hydrogen-bond donors (Lipinski definition) is 1. The summed E-state index contributed by atoms with van der Waals surface area (Å²) in [5.74, 6) is 0.328. The van der Waals surface area contributed by atoms with Gasteiger partial charge >= 0.3 is 0 Å². The van der Waals surface area contributed by atoms with Gasteiger partial charge in [0.15, 0.2) is 9.84 Å². The number of aromatic nitrogens is 3. The molecule has 39 heavy (non-hydrogen) atoms. The monoisotopic (exact) mass is 547 g/mol. The molecule has 3 aromatic heterocycles. The number of carbonyl (C=O) groups is 1.